The fourth-order valence-corrected chi connectivity index (χ4v) is 4.08. The first kappa shape index (κ1) is 17.3. The lowest BCUT2D eigenvalue weighted by Crippen LogP contribution is -2.13. The first-order valence-corrected chi connectivity index (χ1v) is 9.96. The van der Waals surface area contributed by atoms with E-state index < -0.39 is 0 Å². The third kappa shape index (κ3) is 4.32. The van der Waals surface area contributed by atoms with Crippen LogP contribution in [0.1, 0.15) is 76.7 Å². The quantitative estimate of drug-likeness (QED) is 0.528. The molecular weight excluding hydrogens is 292 g/mol. The zero-order chi connectivity index (χ0) is 16.8. The Morgan fingerprint density at radius 1 is 0.875 bits per heavy atom. The average Bonchev–Trinajstić information content (AvgIpc) is 2.64. The largest absolute Gasteiger partial charge is 0.494 e. The summed E-state index contributed by atoms with van der Waals surface area (Å²) < 4.78 is 5.75. The molecule has 1 nitrogen and oxygen atoms in total. The molecule has 0 bridgehead atoms. The summed E-state index contributed by atoms with van der Waals surface area (Å²) >= 11 is 0. The summed E-state index contributed by atoms with van der Waals surface area (Å²) in [5, 5.41) is 2.65. The fourth-order valence-electron chi connectivity index (χ4n) is 4.08. The van der Waals surface area contributed by atoms with Gasteiger partial charge in [0.05, 0.1) is 6.61 Å². The van der Waals surface area contributed by atoms with E-state index >= 15 is 0 Å². The summed E-state index contributed by atoms with van der Waals surface area (Å²) in [7, 11) is 0. The van der Waals surface area contributed by atoms with Crippen LogP contribution in [-0.2, 0) is 0 Å². The van der Waals surface area contributed by atoms with Gasteiger partial charge in [0.15, 0.2) is 0 Å². The lowest BCUT2D eigenvalue weighted by Gasteiger charge is -2.29. The molecule has 1 fully saturated rings. The molecule has 0 unspecified atom stereocenters. The second-order valence-corrected chi connectivity index (χ2v) is 7.48. The van der Waals surface area contributed by atoms with Crippen LogP contribution in [0.25, 0.3) is 10.8 Å². The number of benzene rings is 2. The van der Waals surface area contributed by atoms with Gasteiger partial charge < -0.3 is 4.74 Å². The second kappa shape index (κ2) is 8.55. The molecular formula is C23H32O. The Hall–Kier alpha value is -1.50. The van der Waals surface area contributed by atoms with Crippen molar-refractivity contribution in [2.24, 2.45) is 5.92 Å². The van der Waals surface area contributed by atoms with Crippen molar-refractivity contribution in [1.29, 1.82) is 0 Å². The summed E-state index contributed by atoms with van der Waals surface area (Å²) in [5.74, 6) is 2.75. The number of hydrogen-bond donors (Lipinski definition) is 0. The van der Waals surface area contributed by atoms with Crippen LogP contribution < -0.4 is 4.74 Å². The molecule has 0 aliphatic heterocycles. The highest BCUT2D eigenvalue weighted by atomic mass is 16.5. The van der Waals surface area contributed by atoms with Crippen molar-refractivity contribution >= 4 is 10.8 Å². The monoisotopic (exact) mass is 324 g/mol. The van der Waals surface area contributed by atoms with Gasteiger partial charge in [-0.25, -0.2) is 0 Å². The van der Waals surface area contributed by atoms with Crippen molar-refractivity contribution in [1.82, 2.24) is 0 Å². The van der Waals surface area contributed by atoms with Crippen molar-refractivity contribution in [2.75, 3.05) is 6.61 Å². The molecule has 1 aliphatic carbocycles. The van der Waals surface area contributed by atoms with Gasteiger partial charge in [-0.3, -0.25) is 0 Å². The van der Waals surface area contributed by atoms with Gasteiger partial charge in [0.25, 0.3) is 0 Å². The van der Waals surface area contributed by atoms with E-state index in [-0.39, 0.29) is 0 Å². The number of unbranched alkanes of at least 4 members (excludes halogenated alkanes) is 1. The molecule has 0 heterocycles. The molecule has 130 valence electrons. The van der Waals surface area contributed by atoms with Crippen LogP contribution in [0.3, 0.4) is 0 Å². The highest BCUT2D eigenvalue weighted by Gasteiger charge is 2.22. The van der Waals surface area contributed by atoms with Crippen molar-refractivity contribution in [2.45, 2.75) is 71.1 Å². The van der Waals surface area contributed by atoms with E-state index in [4.69, 9.17) is 4.74 Å². The molecule has 3 rings (SSSR count). The lowest BCUT2D eigenvalue weighted by atomic mass is 9.77. The second-order valence-electron chi connectivity index (χ2n) is 7.48. The molecule has 0 atom stereocenters. The molecule has 1 aliphatic rings. The Labute approximate surface area is 147 Å². The van der Waals surface area contributed by atoms with Crippen LogP contribution in [-0.4, -0.2) is 6.61 Å². The van der Waals surface area contributed by atoms with E-state index in [1.807, 2.05) is 0 Å². The minimum Gasteiger partial charge on any atom is -0.494 e. The van der Waals surface area contributed by atoms with Gasteiger partial charge in [-0.05, 0) is 72.4 Å². The average molecular weight is 325 g/mol. The van der Waals surface area contributed by atoms with Crippen molar-refractivity contribution in [3.05, 3.63) is 42.0 Å². The van der Waals surface area contributed by atoms with Crippen molar-refractivity contribution < 1.29 is 4.74 Å². The summed E-state index contributed by atoms with van der Waals surface area (Å²) in [6.45, 7) is 5.24. The molecule has 1 saturated carbocycles. The normalized spacial score (nSPS) is 21.1. The standard InChI is InChI=1S/C23H32O/c1-3-5-6-18-7-9-19(10-8-18)20-11-12-22-17-23(24-15-4-2)14-13-21(22)16-20/h11-14,16-19H,3-10,15H2,1-2H3/t18-,19-. The van der Waals surface area contributed by atoms with Gasteiger partial charge in [-0.15, -0.1) is 0 Å². The van der Waals surface area contributed by atoms with Crippen molar-refractivity contribution in [3.63, 3.8) is 0 Å². The Morgan fingerprint density at radius 2 is 1.62 bits per heavy atom. The van der Waals surface area contributed by atoms with E-state index in [1.165, 1.54) is 55.7 Å². The molecule has 0 aromatic heterocycles. The van der Waals surface area contributed by atoms with E-state index in [1.54, 1.807) is 5.56 Å². The number of fused-ring (bicyclic) bond motifs is 1. The van der Waals surface area contributed by atoms with Crippen LogP contribution in [0.4, 0.5) is 0 Å². The van der Waals surface area contributed by atoms with Gasteiger partial charge >= 0.3 is 0 Å². The smallest absolute Gasteiger partial charge is 0.119 e. The third-order valence-electron chi connectivity index (χ3n) is 5.59. The Bertz CT molecular complexity index is 638. The summed E-state index contributed by atoms with van der Waals surface area (Å²) in [6.07, 6.45) is 10.8. The number of hydrogen-bond acceptors (Lipinski definition) is 1. The highest BCUT2D eigenvalue weighted by molar-refractivity contribution is 5.84. The molecule has 1 heteroatoms. The maximum Gasteiger partial charge on any atom is 0.119 e. The maximum atomic E-state index is 5.75. The summed E-state index contributed by atoms with van der Waals surface area (Å²) in [6, 6.07) is 13.6. The maximum absolute atomic E-state index is 5.75. The molecule has 0 amide bonds. The van der Waals surface area contributed by atoms with E-state index in [0.717, 1.165) is 30.6 Å². The number of ether oxygens (including phenoxy) is 1. The Kier molecular flexibility index (Phi) is 6.18. The molecule has 0 spiro atoms. The Balaban J connectivity index is 1.65. The number of rotatable bonds is 7. The zero-order valence-electron chi connectivity index (χ0n) is 15.4. The predicted octanol–water partition coefficient (Wildman–Crippen LogP) is 7.09. The third-order valence-corrected chi connectivity index (χ3v) is 5.59. The van der Waals surface area contributed by atoms with Gasteiger partial charge in [0, 0.05) is 0 Å². The van der Waals surface area contributed by atoms with E-state index in [9.17, 15) is 0 Å². The van der Waals surface area contributed by atoms with E-state index in [2.05, 4.69) is 50.2 Å². The summed E-state index contributed by atoms with van der Waals surface area (Å²) in [5.41, 5.74) is 1.54. The molecule has 24 heavy (non-hydrogen) atoms. The lowest BCUT2D eigenvalue weighted by molar-refractivity contribution is 0.304. The molecule has 2 aromatic carbocycles. The Morgan fingerprint density at radius 3 is 2.38 bits per heavy atom. The molecule has 0 radical (unpaired) electrons. The van der Waals surface area contributed by atoms with Crippen LogP contribution in [0, 0.1) is 5.92 Å². The van der Waals surface area contributed by atoms with Crippen LogP contribution in [0.15, 0.2) is 36.4 Å². The predicted molar refractivity (Wildman–Crippen MR) is 104 cm³/mol. The minimum atomic E-state index is 0.767. The summed E-state index contributed by atoms with van der Waals surface area (Å²) in [4.78, 5) is 0. The van der Waals surface area contributed by atoms with Gasteiger partial charge in [-0.1, -0.05) is 57.4 Å². The zero-order valence-corrected chi connectivity index (χ0v) is 15.4. The molecule has 0 saturated heterocycles. The van der Waals surface area contributed by atoms with Gasteiger partial charge in [0.1, 0.15) is 5.75 Å². The topological polar surface area (TPSA) is 9.23 Å². The van der Waals surface area contributed by atoms with Gasteiger partial charge in [0.2, 0.25) is 0 Å². The minimum absolute atomic E-state index is 0.767. The van der Waals surface area contributed by atoms with Crippen molar-refractivity contribution in [3.8, 4) is 5.75 Å². The van der Waals surface area contributed by atoms with Crippen LogP contribution in [0.5, 0.6) is 5.75 Å². The first-order valence-electron chi connectivity index (χ1n) is 9.96. The SMILES string of the molecule is CCCC[C@H]1CC[C@H](c2ccc3cc(OCCC)ccc3c2)CC1. The first-order chi connectivity index (χ1) is 11.8. The van der Waals surface area contributed by atoms with Crippen LogP contribution in [0.2, 0.25) is 0 Å². The molecule has 0 N–H and O–H groups in total. The van der Waals surface area contributed by atoms with Crippen LogP contribution >= 0.6 is 0 Å². The van der Waals surface area contributed by atoms with E-state index in [0.29, 0.717) is 0 Å². The fraction of sp³-hybridized carbons (Fsp3) is 0.565. The van der Waals surface area contributed by atoms with Gasteiger partial charge in [-0.2, -0.15) is 0 Å². The molecule has 2 aromatic rings. The highest BCUT2D eigenvalue weighted by Crippen LogP contribution is 2.38.